The molecule has 2 amide bonds. The zero-order valence-electron chi connectivity index (χ0n) is 17.2. The molecule has 0 radical (unpaired) electrons. The van der Waals surface area contributed by atoms with Crippen molar-refractivity contribution in [1.29, 1.82) is 0 Å². The van der Waals surface area contributed by atoms with Crippen LogP contribution in [0.3, 0.4) is 0 Å². The third-order valence-electron chi connectivity index (χ3n) is 5.49. The Morgan fingerprint density at radius 2 is 1.97 bits per heavy atom. The van der Waals surface area contributed by atoms with E-state index in [0.717, 1.165) is 39.7 Å². The second-order valence-electron chi connectivity index (χ2n) is 7.47. The van der Waals surface area contributed by atoms with Crippen LogP contribution < -0.4 is 10.1 Å². The van der Waals surface area contributed by atoms with Crippen LogP contribution in [0.1, 0.15) is 16.1 Å². The van der Waals surface area contributed by atoms with Crippen LogP contribution >= 0.6 is 11.3 Å². The summed E-state index contributed by atoms with van der Waals surface area (Å²) in [6, 6.07) is 17.9. The third-order valence-corrected chi connectivity index (χ3v) is 6.55. The molecule has 1 N–H and O–H groups in total. The number of thiazole rings is 1. The van der Waals surface area contributed by atoms with Crippen LogP contribution in [-0.2, 0) is 19.4 Å². The van der Waals surface area contributed by atoms with Crippen LogP contribution in [0.15, 0.2) is 54.6 Å². The Balaban J connectivity index is 1.25. The molecule has 2 aromatic carbocycles. The first-order valence-corrected chi connectivity index (χ1v) is 11.1. The van der Waals surface area contributed by atoms with Crippen LogP contribution in [0.2, 0.25) is 0 Å². The number of carbonyl (C=O) groups excluding carboxylic acids is 1. The van der Waals surface area contributed by atoms with Gasteiger partial charge < -0.3 is 15.0 Å². The lowest BCUT2D eigenvalue weighted by Gasteiger charge is -2.26. The van der Waals surface area contributed by atoms with E-state index in [2.05, 4.69) is 17.4 Å². The molecular formula is C23H23N5O2S. The second-order valence-corrected chi connectivity index (χ2v) is 8.53. The minimum Gasteiger partial charge on any atom is -0.497 e. The van der Waals surface area contributed by atoms with E-state index in [0.29, 0.717) is 25.5 Å². The highest BCUT2D eigenvalue weighted by atomic mass is 32.1. The number of nitrogens with zero attached hydrogens (tertiary/aromatic N) is 4. The van der Waals surface area contributed by atoms with E-state index < -0.39 is 0 Å². The molecule has 0 fully saturated rings. The SMILES string of the molecule is COc1ccc(-c2nc3sc4c(n3n2)CCN(C(=O)NCCc2ccccc2)C4)cc1. The molecule has 3 heterocycles. The molecule has 158 valence electrons. The average molecular weight is 434 g/mol. The molecule has 0 unspecified atom stereocenters. The molecule has 5 rings (SSSR count). The number of nitrogens with one attached hydrogen (secondary N) is 1. The number of methoxy groups -OCH3 is 1. The van der Waals surface area contributed by atoms with Crippen molar-refractivity contribution in [1.82, 2.24) is 24.8 Å². The Morgan fingerprint density at radius 3 is 2.74 bits per heavy atom. The van der Waals surface area contributed by atoms with Gasteiger partial charge in [0, 0.05) is 30.0 Å². The molecule has 2 aromatic heterocycles. The van der Waals surface area contributed by atoms with Gasteiger partial charge in [0.25, 0.3) is 0 Å². The van der Waals surface area contributed by atoms with Crippen molar-refractivity contribution in [3.8, 4) is 17.1 Å². The van der Waals surface area contributed by atoms with Crippen molar-refractivity contribution in [2.75, 3.05) is 20.2 Å². The van der Waals surface area contributed by atoms with E-state index in [9.17, 15) is 4.79 Å². The predicted octanol–water partition coefficient (Wildman–Crippen LogP) is 3.78. The van der Waals surface area contributed by atoms with Gasteiger partial charge in [0.2, 0.25) is 4.96 Å². The second kappa shape index (κ2) is 8.39. The van der Waals surface area contributed by atoms with E-state index in [1.165, 1.54) is 5.56 Å². The van der Waals surface area contributed by atoms with Gasteiger partial charge in [0.15, 0.2) is 5.82 Å². The Labute approximate surface area is 184 Å². The highest BCUT2D eigenvalue weighted by molar-refractivity contribution is 7.17. The Hall–Kier alpha value is -3.39. The topological polar surface area (TPSA) is 71.8 Å². The van der Waals surface area contributed by atoms with Gasteiger partial charge in [0.1, 0.15) is 5.75 Å². The number of ether oxygens (including phenoxy) is 1. The van der Waals surface area contributed by atoms with Gasteiger partial charge in [-0.2, -0.15) is 4.98 Å². The highest BCUT2D eigenvalue weighted by Gasteiger charge is 2.26. The zero-order valence-corrected chi connectivity index (χ0v) is 18.1. The molecule has 0 atom stereocenters. The number of benzene rings is 2. The smallest absolute Gasteiger partial charge is 0.317 e. The van der Waals surface area contributed by atoms with Gasteiger partial charge in [-0.25, -0.2) is 9.31 Å². The lowest BCUT2D eigenvalue weighted by atomic mass is 10.1. The monoisotopic (exact) mass is 433 g/mol. The quantitative estimate of drug-likeness (QED) is 0.520. The van der Waals surface area contributed by atoms with Crippen molar-refractivity contribution >= 4 is 22.3 Å². The maximum Gasteiger partial charge on any atom is 0.317 e. The van der Waals surface area contributed by atoms with Gasteiger partial charge >= 0.3 is 6.03 Å². The largest absolute Gasteiger partial charge is 0.497 e. The number of amides is 2. The molecule has 8 heteroatoms. The minimum absolute atomic E-state index is 0.0143. The molecule has 0 spiro atoms. The number of hydrogen-bond acceptors (Lipinski definition) is 5. The third kappa shape index (κ3) is 3.98. The van der Waals surface area contributed by atoms with E-state index in [1.54, 1.807) is 18.4 Å². The van der Waals surface area contributed by atoms with Gasteiger partial charge in [-0.1, -0.05) is 41.7 Å². The van der Waals surface area contributed by atoms with E-state index in [1.807, 2.05) is 51.9 Å². The van der Waals surface area contributed by atoms with Gasteiger partial charge in [-0.3, -0.25) is 0 Å². The Kier molecular flexibility index (Phi) is 5.30. The fourth-order valence-corrected chi connectivity index (χ4v) is 4.91. The maximum absolute atomic E-state index is 12.6. The molecule has 0 bridgehead atoms. The number of rotatable bonds is 5. The molecule has 0 saturated heterocycles. The normalized spacial score (nSPS) is 13.3. The van der Waals surface area contributed by atoms with E-state index >= 15 is 0 Å². The van der Waals surface area contributed by atoms with Crippen molar-refractivity contribution in [3.05, 3.63) is 70.7 Å². The standard InChI is InChI=1S/C23H23N5O2S/c1-30-18-9-7-17(8-10-18)21-25-23-28(26-21)19-12-14-27(15-20(19)31-23)22(29)24-13-11-16-5-3-2-4-6-16/h2-10H,11-15H2,1H3,(H,24,29). The van der Waals surface area contributed by atoms with Crippen LogP contribution in [0.4, 0.5) is 4.79 Å². The van der Waals surface area contributed by atoms with Gasteiger partial charge in [0.05, 0.1) is 19.3 Å². The van der Waals surface area contributed by atoms with Crippen LogP contribution in [0.5, 0.6) is 5.75 Å². The number of fused-ring (bicyclic) bond motifs is 3. The number of urea groups is 1. The number of carbonyl (C=O) groups is 1. The van der Waals surface area contributed by atoms with Crippen LogP contribution in [-0.4, -0.2) is 45.7 Å². The van der Waals surface area contributed by atoms with E-state index in [4.69, 9.17) is 14.8 Å². The zero-order chi connectivity index (χ0) is 21.2. The van der Waals surface area contributed by atoms with Crippen molar-refractivity contribution < 1.29 is 9.53 Å². The first-order valence-electron chi connectivity index (χ1n) is 10.3. The molecular weight excluding hydrogens is 410 g/mol. The van der Waals surface area contributed by atoms with Crippen molar-refractivity contribution in [2.45, 2.75) is 19.4 Å². The van der Waals surface area contributed by atoms with E-state index in [-0.39, 0.29) is 6.03 Å². The highest BCUT2D eigenvalue weighted by Crippen LogP contribution is 2.30. The summed E-state index contributed by atoms with van der Waals surface area (Å²) in [6.07, 6.45) is 1.60. The summed E-state index contributed by atoms with van der Waals surface area (Å²) >= 11 is 1.61. The summed E-state index contributed by atoms with van der Waals surface area (Å²) in [5.74, 6) is 1.52. The summed E-state index contributed by atoms with van der Waals surface area (Å²) < 4.78 is 7.15. The first-order chi connectivity index (χ1) is 15.2. The molecule has 31 heavy (non-hydrogen) atoms. The summed E-state index contributed by atoms with van der Waals surface area (Å²) in [5.41, 5.74) is 3.34. The Bertz CT molecular complexity index is 1200. The first kappa shape index (κ1) is 19.6. The fourth-order valence-electron chi connectivity index (χ4n) is 3.79. The predicted molar refractivity (Wildman–Crippen MR) is 121 cm³/mol. The van der Waals surface area contributed by atoms with Crippen LogP contribution in [0, 0.1) is 0 Å². The van der Waals surface area contributed by atoms with Crippen LogP contribution in [0.25, 0.3) is 16.3 Å². The fraction of sp³-hybridized carbons (Fsp3) is 0.261. The molecule has 1 aliphatic rings. The summed E-state index contributed by atoms with van der Waals surface area (Å²) in [7, 11) is 1.65. The maximum atomic E-state index is 12.6. The molecule has 0 aliphatic carbocycles. The molecule has 0 saturated carbocycles. The average Bonchev–Trinajstić information content (AvgIpc) is 3.37. The lowest BCUT2D eigenvalue weighted by molar-refractivity contribution is 0.192. The molecule has 4 aromatic rings. The minimum atomic E-state index is -0.0143. The summed E-state index contributed by atoms with van der Waals surface area (Å²) in [4.78, 5) is 21.2. The summed E-state index contributed by atoms with van der Waals surface area (Å²) in [6.45, 7) is 1.90. The van der Waals surface area contributed by atoms with Gasteiger partial charge in [-0.05, 0) is 36.2 Å². The molecule has 1 aliphatic heterocycles. The Morgan fingerprint density at radius 1 is 1.16 bits per heavy atom. The van der Waals surface area contributed by atoms with Crippen molar-refractivity contribution in [3.63, 3.8) is 0 Å². The lowest BCUT2D eigenvalue weighted by Crippen LogP contribution is -2.43. The summed E-state index contributed by atoms with van der Waals surface area (Å²) in [5, 5.41) is 7.76. The molecule has 7 nitrogen and oxygen atoms in total. The van der Waals surface area contributed by atoms with Gasteiger partial charge in [-0.15, -0.1) is 5.10 Å². The number of hydrogen-bond donors (Lipinski definition) is 1. The van der Waals surface area contributed by atoms with Crippen molar-refractivity contribution in [2.24, 2.45) is 0 Å². The number of aromatic nitrogens is 3.